The van der Waals surface area contributed by atoms with E-state index in [1.807, 2.05) is 20.9 Å². The highest BCUT2D eigenvalue weighted by molar-refractivity contribution is 6.31. The zero-order valence-electron chi connectivity index (χ0n) is 22.4. The number of halogens is 2. The molecule has 6 rings (SSSR count). The smallest absolute Gasteiger partial charge is 0.227 e. The fourth-order valence-corrected chi connectivity index (χ4v) is 6.47. The molecule has 2 aromatic heterocycles. The van der Waals surface area contributed by atoms with E-state index < -0.39 is 11.4 Å². The minimum Gasteiger partial charge on any atom is -0.390 e. The number of fused-ring (bicyclic) bond motifs is 1. The SMILES string of the molecule is Cc1nnn(C)c1-c1ccc2c(c1)nc(C1CCCC(=O)N1c1ccc(F)c(Cl)c1)n2C1CCC(C)(O)CC1. The molecule has 1 saturated heterocycles. The number of piperidine rings is 1. The summed E-state index contributed by atoms with van der Waals surface area (Å²) in [6.07, 6.45) is 4.87. The van der Waals surface area contributed by atoms with E-state index in [0.717, 1.165) is 59.5 Å². The number of rotatable bonds is 4. The van der Waals surface area contributed by atoms with Crippen LogP contribution in [0.25, 0.3) is 22.3 Å². The van der Waals surface area contributed by atoms with Crippen LogP contribution in [0.2, 0.25) is 5.02 Å². The summed E-state index contributed by atoms with van der Waals surface area (Å²) >= 11 is 6.14. The van der Waals surface area contributed by atoms with E-state index in [2.05, 4.69) is 33.1 Å². The van der Waals surface area contributed by atoms with E-state index in [9.17, 15) is 14.3 Å². The molecule has 1 aliphatic carbocycles. The number of hydrogen-bond donors (Lipinski definition) is 1. The Morgan fingerprint density at radius 1 is 1.13 bits per heavy atom. The highest BCUT2D eigenvalue weighted by Gasteiger charge is 2.37. The minimum absolute atomic E-state index is 0.0163. The predicted octanol–water partition coefficient (Wildman–Crippen LogP) is 6.06. The van der Waals surface area contributed by atoms with Gasteiger partial charge in [0.2, 0.25) is 5.91 Å². The van der Waals surface area contributed by atoms with Crippen molar-refractivity contribution in [2.75, 3.05) is 4.90 Å². The highest BCUT2D eigenvalue weighted by atomic mass is 35.5. The summed E-state index contributed by atoms with van der Waals surface area (Å²) in [5, 5.41) is 19.0. The lowest BCUT2D eigenvalue weighted by Crippen LogP contribution is -2.40. The van der Waals surface area contributed by atoms with Gasteiger partial charge in [-0.15, -0.1) is 5.10 Å². The summed E-state index contributed by atoms with van der Waals surface area (Å²) in [5.41, 5.74) is 4.44. The van der Waals surface area contributed by atoms with Gasteiger partial charge in [0, 0.05) is 30.8 Å². The molecule has 2 fully saturated rings. The standard InChI is InChI=1S/C29H32ClFN6O2/c1-17-27(35(3)34-33-17)18-7-10-24-23(15-18)32-28(37(24)19-11-13-29(2,39)14-12-19)25-5-4-6-26(38)36(25)20-8-9-22(31)21(30)16-20/h7-10,15-16,19,25,39H,4-6,11-14H2,1-3H3. The molecule has 0 bridgehead atoms. The number of amides is 1. The molecule has 1 amide bonds. The number of aliphatic hydroxyl groups is 1. The second-order valence-electron chi connectivity index (χ2n) is 11.2. The van der Waals surface area contributed by atoms with Gasteiger partial charge in [0.25, 0.3) is 0 Å². The predicted molar refractivity (Wildman–Crippen MR) is 148 cm³/mol. The van der Waals surface area contributed by atoms with Gasteiger partial charge in [0.1, 0.15) is 11.6 Å². The van der Waals surface area contributed by atoms with Crippen LogP contribution in [0, 0.1) is 12.7 Å². The van der Waals surface area contributed by atoms with Crippen LogP contribution in [0.3, 0.4) is 0 Å². The third-order valence-corrected chi connectivity index (χ3v) is 8.60. The van der Waals surface area contributed by atoms with Crippen LogP contribution < -0.4 is 4.90 Å². The molecule has 8 nitrogen and oxygen atoms in total. The Morgan fingerprint density at radius 3 is 2.59 bits per heavy atom. The fourth-order valence-electron chi connectivity index (χ4n) is 6.30. The van der Waals surface area contributed by atoms with E-state index in [4.69, 9.17) is 16.6 Å². The number of hydrogen-bond acceptors (Lipinski definition) is 5. The Labute approximate surface area is 231 Å². The van der Waals surface area contributed by atoms with Gasteiger partial charge in [-0.05, 0) is 82.7 Å². The molecular weight excluding hydrogens is 519 g/mol. The average Bonchev–Trinajstić information content (AvgIpc) is 3.44. The third-order valence-electron chi connectivity index (χ3n) is 8.31. The molecule has 1 N–H and O–H groups in total. The maximum Gasteiger partial charge on any atom is 0.227 e. The highest BCUT2D eigenvalue weighted by Crippen LogP contribution is 2.43. The van der Waals surface area contributed by atoms with Gasteiger partial charge >= 0.3 is 0 Å². The van der Waals surface area contributed by atoms with Crippen LogP contribution in [-0.4, -0.2) is 41.2 Å². The van der Waals surface area contributed by atoms with Crippen molar-refractivity contribution >= 4 is 34.2 Å². The molecule has 10 heteroatoms. The molecule has 39 heavy (non-hydrogen) atoms. The van der Waals surface area contributed by atoms with Gasteiger partial charge in [0.15, 0.2) is 0 Å². The molecule has 0 radical (unpaired) electrons. The molecule has 1 saturated carbocycles. The number of carbonyl (C=O) groups is 1. The lowest BCUT2D eigenvalue weighted by molar-refractivity contribution is -0.120. The summed E-state index contributed by atoms with van der Waals surface area (Å²) in [7, 11) is 1.87. The summed E-state index contributed by atoms with van der Waals surface area (Å²) < 4.78 is 18.1. The maximum atomic E-state index is 14.0. The second-order valence-corrected chi connectivity index (χ2v) is 11.6. The first-order valence-corrected chi connectivity index (χ1v) is 13.9. The minimum atomic E-state index is -0.679. The van der Waals surface area contributed by atoms with Crippen LogP contribution in [0.1, 0.15) is 75.5 Å². The first-order valence-electron chi connectivity index (χ1n) is 13.5. The van der Waals surface area contributed by atoms with Crippen molar-refractivity contribution in [3.05, 3.63) is 58.8 Å². The van der Waals surface area contributed by atoms with Gasteiger partial charge in [-0.3, -0.25) is 4.79 Å². The molecule has 2 aliphatic rings. The van der Waals surface area contributed by atoms with Gasteiger partial charge in [-0.2, -0.15) is 0 Å². The zero-order chi connectivity index (χ0) is 27.5. The molecule has 204 valence electrons. The number of nitrogens with zero attached hydrogens (tertiary/aromatic N) is 6. The number of imidazole rings is 1. The van der Waals surface area contributed by atoms with Crippen molar-refractivity contribution in [3.8, 4) is 11.3 Å². The second kappa shape index (κ2) is 9.71. The number of benzene rings is 2. The monoisotopic (exact) mass is 550 g/mol. The van der Waals surface area contributed by atoms with Crippen molar-refractivity contribution in [3.63, 3.8) is 0 Å². The summed E-state index contributed by atoms with van der Waals surface area (Å²) in [5.74, 6) is 0.258. The van der Waals surface area contributed by atoms with Crippen molar-refractivity contribution in [2.45, 2.75) is 76.5 Å². The number of anilines is 1. The summed E-state index contributed by atoms with van der Waals surface area (Å²) in [6.45, 7) is 3.83. The van der Waals surface area contributed by atoms with Crippen LogP contribution in [0.4, 0.5) is 10.1 Å². The maximum absolute atomic E-state index is 14.0. The van der Waals surface area contributed by atoms with Crippen molar-refractivity contribution in [1.82, 2.24) is 24.5 Å². The number of carbonyl (C=O) groups excluding carboxylic acids is 1. The van der Waals surface area contributed by atoms with E-state index in [1.54, 1.807) is 15.6 Å². The van der Waals surface area contributed by atoms with Crippen LogP contribution in [-0.2, 0) is 11.8 Å². The normalized spacial score (nSPS) is 24.1. The zero-order valence-corrected chi connectivity index (χ0v) is 23.1. The fraction of sp³-hybridized carbons (Fsp3) is 0.448. The molecule has 4 aromatic rings. The molecule has 3 heterocycles. The van der Waals surface area contributed by atoms with Gasteiger partial charge in [0.05, 0.1) is 39.1 Å². The van der Waals surface area contributed by atoms with Crippen molar-refractivity contribution < 1.29 is 14.3 Å². The number of aromatic nitrogens is 5. The van der Waals surface area contributed by atoms with Crippen LogP contribution in [0.15, 0.2) is 36.4 Å². The van der Waals surface area contributed by atoms with Gasteiger partial charge in [-0.25, -0.2) is 14.1 Å². The first kappa shape index (κ1) is 26.0. The van der Waals surface area contributed by atoms with Gasteiger partial charge < -0.3 is 14.6 Å². The lowest BCUT2D eigenvalue weighted by atomic mass is 9.83. The summed E-state index contributed by atoms with van der Waals surface area (Å²) in [6, 6.07) is 10.5. The first-order chi connectivity index (χ1) is 18.6. The van der Waals surface area contributed by atoms with E-state index >= 15 is 0 Å². The van der Waals surface area contributed by atoms with E-state index in [-0.39, 0.29) is 23.0 Å². The van der Waals surface area contributed by atoms with Crippen LogP contribution >= 0.6 is 11.6 Å². The molecule has 1 atom stereocenters. The van der Waals surface area contributed by atoms with Crippen LogP contribution in [0.5, 0.6) is 0 Å². The molecular formula is C29H32ClFN6O2. The molecule has 1 unspecified atom stereocenters. The quantitative estimate of drug-likeness (QED) is 0.334. The van der Waals surface area contributed by atoms with Gasteiger partial charge in [-0.1, -0.05) is 22.9 Å². The van der Waals surface area contributed by atoms with Crippen molar-refractivity contribution in [1.29, 1.82) is 0 Å². The molecule has 2 aromatic carbocycles. The molecule has 1 aliphatic heterocycles. The third kappa shape index (κ3) is 4.61. The number of aryl methyl sites for hydroxylation is 2. The summed E-state index contributed by atoms with van der Waals surface area (Å²) in [4.78, 5) is 20.3. The Morgan fingerprint density at radius 2 is 1.90 bits per heavy atom. The Balaban J connectivity index is 1.51. The largest absolute Gasteiger partial charge is 0.390 e. The van der Waals surface area contributed by atoms with E-state index in [1.165, 1.54) is 12.1 Å². The van der Waals surface area contributed by atoms with Crippen molar-refractivity contribution in [2.24, 2.45) is 7.05 Å². The Kier molecular flexibility index (Phi) is 6.46. The lowest BCUT2D eigenvalue weighted by Gasteiger charge is -2.38. The average molecular weight is 551 g/mol. The molecule has 0 spiro atoms. The van der Waals surface area contributed by atoms with E-state index in [0.29, 0.717) is 24.9 Å². The topological polar surface area (TPSA) is 89.1 Å². The Bertz CT molecular complexity index is 1550. The Hall–Kier alpha value is -3.30.